The lowest BCUT2D eigenvalue weighted by atomic mass is 9.70. The minimum atomic E-state index is -0.00943. The van der Waals surface area contributed by atoms with Crippen molar-refractivity contribution in [3.8, 4) is 0 Å². The third-order valence-corrected chi connectivity index (χ3v) is 7.02. The molecule has 4 rings (SSSR count). The summed E-state index contributed by atoms with van der Waals surface area (Å²) in [5.74, 6) is 0. The number of H-pyrrole nitrogens is 1. The molecular formula is C29H36N2O. The summed E-state index contributed by atoms with van der Waals surface area (Å²) >= 11 is 0. The van der Waals surface area contributed by atoms with Gasteiger partial charge in [-0.2, -0.15) is 0 Å². The quantitative estimate of drug-likeness (QED) is 0.283. The molecule has 1 N–H and O–H groups in total. The maximum absolute atomic E-state index is 6.17. The Morgan fingerprint density at radius 3 is 2.69 bits per heavy atom. The van der Waals surface area contributed by atoms with Crippen LogP contribution in [0.2, 0.25) is 0 Å². The second-order valence-corrected chi connectivity index (χ2v) is 8.87. The van der Waals surface area contributed by atoms with Gasteiger partial charge in [0.25, 0.3) is 0 Å². The molecule has 3 aromatic rings. The van der Waals surface area contributed by atoms with E-state index in [1.807, 2.05) is 12.1 Å². The van der Waals surface area contributed by atoms with Crippen molar-refractivity contribution in [3.05, 3.63) is 96.2 Å². The Hall–Kier alpha value is -2.62. The normalized spacial score (nSPS) is 18.6. The highest BCUT2D eigenvalue weighted by atomic mass is 16.5. The topological polar surface area (TPSA) is 28.3 Å². The molecule has 0 fully saturated rings. The van der Waals surface area contributed by atoms with Crippen LogP contribution in [-0.4, -0.2) is 29.6 Å². The molecule has 2 atom stereocenters. The first-order chi connectivity index (χ1) is 15.7. The summed E-state index contributed by atoms with van der Waals surface area (Å²) in [7, 11) is 0. The SMILES string of the molecule is C=CCN1CCc2c([nH]c3ccccc23)[C@@H]1[C@@](/C=C/C)(CC)CCOCc1ccccc1. The van der Waals surface area contributed by atoms with Gasteiger partial charge in [-0.1, -0.05) is 73.7 Å². The number of ether oxygens (including phenoxy) is 1. The van der Waals surface area contributed by atoms with Crippen molar-refractivity contribution < 1.29 is 4.74 Å². The van der Waals surface area contributed by atoms with Crippen LogP contribution >= 0.6 is 0 Å². The molecule has 1 aromatic heterocycles. The minimum absolute atomic E-state index is 0.00943. The highest BCUT2D eigenvalue weighted by Crippen LogP contribution is 2.49. The van der Waals surface area contributed by atoms with E-state index in [1.165, 1.54) is 27.7 Å². The van der Waals surface area contributed by atoms with Gasteiger partial charge in [-0.25, -0.2) is 0 Å². The van der Waals surface area contributed by atoms with Gasteiger partial charge in [0, 0.05) is 41.7 Å². The Labute approximate surface area is 192 Å². The smallest absolute Gasteiger partial charge is 0.0716 e. The Kier molecular flexibility index (Phi) is 7.29. The maximum Gasteiger partial charge on any atom is 0.0716 e. The van der Waals surface area contributed by atoms with Crippen molar-refractivity contribution in [1.82, 2.24) is 9.88 Å². The van der Waals surface area contributed by atoms with E-state index in [0.29, 0.717) is 6.61 Å². The zero-order valence-corrected chi connectivity index (χ0v) is 19.5. The molecule has 0 bridgehead atoms. The Balaban J connectivity index is 1.66. The van der Waals surface area contributed by atoms with E-state index in [9.17, 15) is 0 Å². The molecule has 0 saturated heterocycles. The number of benzene rings is 2. The van der Waals surface area contributed by atoms with Gasteiger partial charge in [-0.3, -0.25) is 4.90 Å². The Bertz CT molecular complexity index is 1050. The minimum Gasteiger partial charge on any atom is -0.377 e. The molecule has 3 nitrogen and oxygen atoms in total. The lowest BCUT2D eigenvalue weighted by Gasteiger charge is -2.47. The second kappa shape index (κ2) is 10.3. The summed E-state index contributed by atoms with van der Waals surface area (Å²) in [6, 6.07) is 19.5. The number of aromatic amines is 1. The van der Waals surface area contributed by atoms with Gasteiger partial charge in [-0.15, -0.1) is 6.58 Å². The number of nitrogens with zero attached hydrogens (tertiary/aromatic N) is 1. The second-order valence-electron chi connectivity index (χ2n) is 8.87. The largest absolute Gasteiger partial charge is 0.377 e. The van der Waals surface area contributed by atoms with Crippen LogP contribution in [0.25, 0.3) is 10.9 Å². The first-order valence-corrected chi connectivity index (χ1v) is 11.9. The average molecular weight is 429 g/mol. The molecule has 0 saturated carbocycles. The molecule has 0 unspecified atom stereocenters. The average Bonchev–Trinajstić information content (AvgIpc) is 3.20. The van der Waals surface area contributed by atoms with Crippen molar-refractivity contribution in [2.75, 3.05) is 19.7 Å². The lowest BCUT2D eigenvalue weighted by molar-refractivity contribution is 0.0400. The van der Waals surface area contributed by atoms with Crippen molar-refractivity contribution in [2.24, 2.45) is 5.41 Å². The fourth-order valence-electron chi connectivity index (χ4n) is 5.46. The zero-order chi connectivity index (χ0) is 22.4. The number of aromatic nitrogens is 1. The first kappa shape index (κ1) is 22.6. The number of hydrogen-bond acceptors (Lipinski definition) is 2. The van der Waals surface area contributed by atoms with Gasteiger partial charge < -0.3 is 9.72 Å². The van der Waals surface area contributed by atoms with E-state index in [4.69, 9.17) is 4.74 Å². The number of para-hydroxylation sites is 1. The van der Waals surface area contributed by atoms with Gasteiger partial charge in [0.2, 0.25) is 0 Å². The number of rotatable bonds is 10. The van der Waals surface area contributed by atoms with Gasteiger partial charge in [0.05, 0.1) is 12.6 Å². The van der Waals surface area contributed by atoms with Gasteiger partial charge in [0.15, 0.2) is 0 Å². The maximum atomic E-state index is 6.17. The Morgan fingerprint density at radius 2 is 1.94 bits per heavy atom. The highest BCUT2D eigenvalue weighted by Gasteiger charge is 2.43. The summed E-state index contributed by atoms with van der Waals surface area (Å²) in [4.78, 5) is 6.42. The fraction of sp³-hybridized carbons (Fsp3) is 0.379. The summed E-state index contributed by atoms with van der Waals surface area (Å²) in [5.41, 5.74) is 5.32. The third kappa shape index (κ3) is 4.46. The van der Waals surface area contributed by atoms with E-state index in [1.54, 1.807) is 0 Å². The fourth-order valence-corrected chi connectivity index (χ4v) is 5.46. The van der Waals surface area contributed by atoms with E-state index < -0.39 is 0 Å². The van der Waals surface area contributed by atoms with E-state index in [-0.39, 0.29) is 11.5 Å². The molecule has 168 valence electrons. The first-order valence-electron chi connectivity index (χ1n) is 11.9. The molecule has 3 heteroatoms. The molecule has 0 spiro atoms. The molecule has 1 aliphatic rings. The molecule has 0 radical (unpaired) electrons. The van der Waals surface area contributed by atoms with Crippen LogP contribution in [0.4, 0.5) is 0 Å². The predicted octanol–water partition coefficient (Wildman–Crippen LogP) is 6.83. The van der Waals surface area contributed by atoms with E-state index in [2.05, 4.69) is 91.0 Å². The van der Waals surface area contributed by atoms with Crippen molar-refractivity contribution in [3.63, 3.8) is 0 Å². The molecule has 1 aliphatic heterocycles. The monoisotopic (exact) mass is 428 g/mol. The van der Waals surface area contributed by atoms with E-state index >= 15 is 0 Å². The summed E-state index contributed by atoms with van der Waals surface area (Å²) in [6.45, 7) is 11.9. The number of fused-ring (bicyclic) bond motifs is 3. The molecule has 0 aliphatic carbocycles. The van der Waals surface area contributed by atoms with Crippen LogP contribution in [0.5, 0.6) is 0 Å². The van der Waals surface area contributed by atoms with Crippen LogP contribution in [0.1, 0.15) is 49.6 Å². The van der Waals surface area contributed by atoms with Crippen LogP contribution in [-0.2, 0) is 17.8 Å². The highest BCUT2D eigenvalue weighted by molar-refractivity contribution is 5.85. The predicted molar refractivity (Wildman–Crippen MR) is 135 cm³/mol. The zero-order valence-electron chi connectivity index (χ0n) is 19.5. The Morgan fingerprint density at radius 1 is 1.16 bits per heavy atom. The van der Waals surface area contributed by atoms with E-state index in [0.717, 1.165) is 39.0 Å². The van der Waals surface area contributed by atoms with Crippen molar-refractivity contribution >= 4 is 10.9 Å². The summed E-state index contributed by atoms with van der Waals surface area (Å²) < 4.78 is 6.17. The molecule has 0 amide bonds. The van der Waals surface area contributed by atoms with Crippen LogP contribution in [0.3, 0.4) is 0 Å². The van der Waals surface area contributed by atoms with Crippen molar-refractivity contribution in [1.29, 1.82) is 0 Å². The third-order valence-electron chi connectivity index (χ3n) is 7.02. The van der Waals surface area contributed by atoms with Crippen molar-refractivity contribution in [2.45, 2.75) is 45.8 Å². The number of hydrogen-bond donors (Lipinski definition) is 1. The van der Waals surface area contributed by atoms with Gasteiger partial charge in [0.1, 0.15) is 0 Å². The van der Waals surface area contributed by atoms with Gasteiger partial charge in [-0.05, 0) is 43.4 Å². The molecular weight excluding hydrogens is 392 g/mol. The standard InChI is InChI=1S/C29H36N2O/c1-4-17-29(6-3,18-21-32-22-23-12-8-7-9-13-23)28-27-25(16-20-31(28)19-5-2)24-14-10-11-15-26(24)30-27/h4-5,7-15,17,28,30H,2,6,16,18-22H2,1,3H3/b17-4+/t28-,29-/m1/s1. The number of nitrogens with one attached hydrogen (secondary N) is 1. The summed E-state index contributed by atoms with van der Waals surface area (Å²) in [5, 5.41) is 1.37. The van der Waals surface area contributed by atoms with Crippen LogP contribution < -0.4 is 0 Å². The lowest BCUT2D eigenvalue weighted by Crippen LogP contribution is -2.45. The van der Waals surface area contributed by atoms with Crippen LogP contribution in [0, 0.1) is 5.41 Å². The number of allylic oxidation sites excluding steroid dienone is 1. The summed E-state index contributed by atoms with van der Waals surface area (Å²) in [6.07, 6.45) is 9.81. The molecule has 2 heterocycles. The van der Waals surface area contributed by atoms with Gasteiger partial charge >= 0.3 is 0 Å². The molecule has 32 heavy (non-hydrogen) atoms. The molecule has 2 aromatic carbocycles. The van der Waals surface area contributed by atoms with Crippen LogP contribution in [0.15, 0.2) is 79.4 Å².